The Bertz CT molecular complexity index is 31.8. The molecule has 5 nitrogen and oxygen atoms in total. The Morgan fingerprint density at radius 1 is 1.33 bits per heavy atom. The van der Waals surface area contributed by atoms with Gasteiger partial charge >= 0.3 is 37.7 Å². The molecule has 0 aliphatic carbocycles. The van der Waals surface area contributed by atoms with E-state index in [0.29, 0.717) is 0 Å². The van der Waals surface area contributed by atoms with Gasteiger partial charge in [-0.15, -0.1) is 0 Å². The van der Waals surface area contributed by atoms with Crippen LogP contribution in [0.5, 0.6) is 0 Å². The van der Waals surface area contributed by atoms with Gasteiger partial charge in [-0.25, -0.2) is 0 Å². The summed E-state index contributed by atoms with van der Waals surface area (Å²) in [5, 5.41) is 14.8. The molecule has 0 aliphatic rings. The van der Waals surface area contributed by atoms with E-state index in [1.807, 2.05) is 0 Å². The van der Waals surface area contributed by atoms with Crippen LogP contribution in [0.3, 0.4) is 0 Å². The summed E-state index contributed by atoms with van der Waals surface area (Å²) in [4.78, 5) is 8.25. The van der Waals surface area contributed by atoms with Crippen molar-refractivity contribution in [1.82, 2.24) is 0 Å². The molecule has 32 valence electrons. The molecular weight excluding hydrogens is 116 g/mol. The number of nitrogens with zero attached hydrogens (tertiary/aromatic N) is 1. The van der Waals surface area contributed by atoms with Crippen molar-refractivity contribution in [3.8, 4) is 0 Å². The molecule has 6 heteroatoms. The molecule has 0 radical (unpaired) electrons. The molecule has 0 fully saturated rings. The largest absolute Gasteiger partial charge is 2.00 e. The van der Waals surface area contributed by atoms with Gasteiger partial charge in [0.05, 0.1) is 5.09 Å². The molecule has 0 heterocycles. The van der Waals surface area contributed by atoms with E-state index in [2.05, 4.69) is 0 Å². The molecule has 0 saturated heterocycles. The van der Waals surface area contributed by atoms with E-state index in [9.17, 15) is 0 Å². The Morgan fingerprint density at radius 3 is 1.33 bits per heavy atom. The Morgan fingerprint density at radius 2 is 1.33 bits per heavy atom. The van der Waals surface area contributed by atoms with Crippen LogP contribution in [0, 0.1) is 15.3 Å². The van der Waals surface area contributed by atoms with Crippen LogP contribution < -0.4 is 0 Å². The number of hydrogen-bond donors (Lipinski definition) is 0. The molecular formula is H2CaN2O3. The monoisotopic (exact) mass is 118 g/mol. The average molecular weight is 118 g/mol. The fourth-order valence-corrected chi connectivity index (χ4v) is 0. The minimum absolute atomic E-state index is 0. The van der Waals surface area contributed by atoms with Gasteiger partial charge in [0.25, 0.3) is 0 Å². The van der Waals surface area contributed by atoms with Gasteiger partial charge in [0.1, 0.15) is 0 Å². The summed E-state index contributed by atoms with van der Waals surface area (Å²) in [5.74, 6) is 0. The van der Waals surface area contributed by atoms with Crippen molar-refractivity contribution in [1.29, 1.82) is 0 Å². The van der Waals surface area contributed by atoms with Crippen LogP contribution in [0.1, 0.15) is 0 Å². The molecule has 0 atom stereocenters. The summed E-state index contributed by atoms with van der Waals surface area (Å²) >= 11 is 0. The third-order valence-corrected chi connectivity index (χ3v) is 0. The van der Waals surface area contributed by atoms with Crippen LogP contribution in [0.4, 0.5) is 0 Å². The molecule has 0 saturated carbocycles. The molecule has 0 aromatic rings. The van der Waals surface area contributed by atoms with Gasteiger partial charge in [0, 0.05) is 0 Å². The Kier molecular flexibility index (Phi) is 24.3. The number of hydrogen-bond acceptors (Lipinski definition) is 3. The van der Waals surface area contributed by atoms with Crippen LogP contribution in [0.2, 0.25) is 0 Å². The summed E-state index contributed by atoms with van der Waals surface area (Å²) in [7, 11) is 0. The van der Waals surface area contributed by atoms with Crippen molar-refractivity contribution < 1.29 is 5.09 Å². The Hall–Kier alpha value is 0.420. The zero-order valence-corrected chi connectivity index (χ0v) is 5.16. The van der Waals surface area contributed by atoms with Crippen LogP contribution in [-0.2, 0) is 0 Å². The zero-order valence-electron chi connectivity index (χ0n) is 2.96. The van der Waals surface area contributed by atoms with E-state index in [1.54, 1.807) is 0 Å². The maximum Gasteiger partial charge on any atom is 2.00 e. The van der Waals surface area contributed by atoms with Crippen molar-refractivity contribution in [2.45, 2.75) is 0 Å². The summed E-state index contributed by atoms with van der Waals surface area (Å²) in [5.41, 5.74) is 0. The summed E-state index contributed by atoms with van der Waals surface area (Å²) in [6.45, 7) is 0. The normalized spacial score (nSPS) is 4.00. The minimum Gasteiger partial charge on any atom is -0.693 e. The summed E-state index contributed by atoms with van der Waals surface area (Å²) in [6, 6.07) is 0. The van der Waals surface area contributed by atoms with Crippen molar-refractivity contribution in [3.05, 3.63) is 21.5 Å². The maximum atomic E-state index is 8.25. The molecule has 0 unspecified atom stereocenters. The molecule has 0 aromatic heterocycles. The van der Waals surface area contributed by atoms with Crippen LogP contribution in [0.25, 0.3) is 6.15 Å². The minimum atomic E-state index is -1.75. The first-order chi connectivity index (χ1) is 1.73. The van der Waals surface area contributed by atoms with Crippen LogP contribution in [-0.4, -0.2) is 42.8 Å². The Labute approximate surface area is 64.0 Å². The van der Waals surface area contributed by atoms with Crippen LogP contribution >= 0.6 is 0 Å². The SMILES string of the molecule is O=[N+]([O-])[O-].[Ca+2].[NH2-]. The average Bonchev–Trinajstić information content (AvgIpc) is 0.811. The third-order valence-electron chi connectivity index (χ3n) is 0. The number of rotatable bonds is 0. The van der Waals surface area contributed by atoms with Gasteiger partial charge in [0.15, 0.2) is 0 Å². The maximum absolute atomic E-state index is 8.25. The van der Waals surface area contributed by atoms with Crippen molar-refractivity contribution in [3.63, 3.8) is 0 Å². The second-order valence-electron chi connectivity index (χ2n) is 0.224. The molecule has 0 aliphatic heterocycles. The van der Waals surface area contributed by atoms with Gasteiger partial charge in [0.2, 0.25) is 0 Å². The standard InChI is InChI=1S/Ca.NO3.H2N/c;2-1(3)4;/h;;1H2/q+2;2*-1. The van der Waals surface area contributed by atoms with Crippen LogP contribution in [0.15, 0.2) is 0 Å². The molecule has 0 spiro atoms. The van der Waals surface area contributed by atoms with E-state index in [-0.39, 0.29) is 43.9 Å². The Balaban J connectivity index is -0.0000000450. The first kappa shape index (κ1) is 16.1. The molecule has 2 N–H and O–H groups in total. The second kappa shape index (κ2) is 9.05. The van der Waals surface area contributed by atoms with Gasteiger partial charge in [-0.3, -0.25) is 0 Å². The predicted octanol–water partition coefficient (Wildman–Crippen LogP) is 0.0972. The fourth-order valence-electron chi connectivity index (χ4n) is 0. The number of nitrogens with two attached hydrogens (primary N) is 1. The first-order valence-corrected chi connectivity index (χ1v) is 0.548. The van der Waals surface area contributed by atoms with E-state index in [4.69, 9.17) is 15.3 Å². The topological polar surface area (TPSA) is 99.7 Å². The third kappa shape index (κ3) is 293. The summed E-state index contributed by atoms with van der Waals surface area (Å²) in [6.07, 6.45) is 0. The van der Waals surface area contributed by atoms with E-state index in [0.717, 1.165) is 0 Å². The molecule has 6 heavy (non-hydrogen) atoms. The van der Waals surface area contributed by atoms with Crippen molar-refractivity contribution >= 4 is 37.7 Å². The van der Waals surface area contributed by atoms with Gasteiger partial charge in [-0.05, 0) is 0 Å². The predicted molar refractivity (Wildman–Crippen MR) is 21.4 cm³/mol. The van der Waals surface area contributed by atoms with Gasteiger partial charge in [-0.1, -0.05) is 0 Å². The summed E-state index contributed by atoms with van der Waals surface area (Å²) < 4.78 is 0. The van der Waals surface area contributed by atoms with Gasteiger partial charge in [-0.2, -0.15) is 0 Å². The van der Waals surface area contributed by atoms with Crippen molar-refractivity contribution in [2.24, 2.45) is 0 Å². The van der Waals surface area contributed by atoms with Crippen molar-refractivity contribution in [2.75, 3.05) is 0 Å². The molecule has 0 amide bonds. The van der Waals surface area contributed by atoms with Gasteiger partial charge < -0.3 is 21.5 Å². The molecule has 0 rings (SSSR count). The quantitative estimate of drug-likeness (QED) is 0.256. The second-order valence-corrected chi connectivity index (χ2v) is 0.224. The van der Waals surface area contributed by atoms with E-state index >= 15 is 0 Å². The van der Waals surface area contributed by atoms with E-state index < -0.39 is 5.09 Å². The molecule has 0 bridgehead atoms. The zero-order chi connectivity index (χ0) is 3.58. The molecule has 0 aromatic carbocycles. The van der Waals surface area contributed by atoms with E-state index in [1.165, 1.54) is 0 Å². The fraction of sp³-hybridized carbons (Fsp3) is 0. The first-order valence-electron chi connectivity index (χ1n) is 0.548. The smallest absolute Gasteiger partial charge is 0.693 e.